The predicted molar refractivity (Wildman–Crippen MR) is 88.1 cm³/mol. The van der Waals surface area contributed by atoms with Gasteiger partial charge in [-0.15, -0.1) is 0 Å². The highest BCUT2D eigenvalue weighted by Gasteiger charge is 2.25. The molecule has 1 amide bonds. The third-order valence-electron chi connectivity index (χ3n) is 4.46. The van der Waals surface area contributed by atoms with Gasteiger partial charge in [-0.05, 0) is 31.4 Å². The molecule has 1 aliphatic rings. The second kappa shape index (κ2) is 6.96. The lowest BCUT2D eigenvalue weighted by molar-refractivity contribution is -0.139. The summed E-state index contributed by atoms with van der Waals surface area (Å²) < 4.78 is 5.82. The minimum absolute atomic E-state index is 0.0219. The van der Waals surface area contributed by atoms with Crippen LogP contribution in [0.1, 0.15) is 35.0 Å². The number of morpholine rings is 1. The van der Waals surface area contributed by atoms with Gasteiger partial charge in [-0.2, -0.15) is 5.10 Å². The first-order valence-corrected chi connectivity index (χ1v) is 8.10. The zero-order valence-electron chi connectivity index (χ0n) is 13.7. The van der Waals surface area contributed by atoms with E-state index in [9.17, 15) is 4.79 Å². The monoisotopic (exact) mass is 313 g/mol. The van der Waals surface area contributed by atoms with Gasteiger partial charge in [0, 0.05) is 18.7 Å². The van der Waals surface area contributed by atoms with E-state index in [0.717, 1.165) is 28.9 Å². The molecule has 122 valence electrons. The maximum atomic E-state index is 12.5. The third kappa shape index (κ3) is 3.62. The number of ether oxygens (including phenoxy) is 1. The molecule has 2 heterocycles. The van der Waals surface area contributed by atoms with Crippen LogP contribution in [0, 0.1) is 13.8 Å². The molecule has 1 aliphatic heterocycles. The highest BCUT2D eigenvalue weighted by Crippen LogP contribution is 2.22. The van der Waals surface area contributed by atoms with Crippen molar-refractivity contribution < 1.29 is 9.53 Å². The van der Waals surface area contributed by atoms with Crippen LogP contribution in [0.4, 0.5) is 0 Å². The molecule has 2 aromatic rings. The van der Waals surface area contributed by atoms with E-state index in [1.807, 2.05) is 36.9 Å². The van der Waals surface area contributed by atoms with E-state index in [2.05, 4.69) is 22.3 Å². The first kappa shape index (κ1) is 15.7. The van der Waals surface area contributed by atoms with Crippen molar-refractivity contribution in [1.29, 1.82) is 0 Å². The second-order valence-electron chi connectivity index (χ2n) is 6.02. The molecule has 5 heteroatoms. The van der Waals surface area contributed by atoms with Crippen molar-refractivity contribution in [3.63, 3.8) is 0 Å². The molecule has 1 aromatic carbocycles. The molecule has 23 heavy (non-hydrogen) atoms. The molecule has 1 aromatic heterocycles. The van der Waals surface area contributed by atoms with E-state index in [4.69, 9.17) is 4.74 Å². The first-order valence-electron chi connectivity index (χ1n) is 8.10. The first-order chi connectivity index (χ1) is 11.1. The average Bonchev–Trinajstić information content (AvgIpc) is 2.92. The number of nitrogens with one attached hydrogen (secondary N) is 1. The zero-order chi connectivity index (χ0) is 16.2. The Morgan fingerprint density at radius 1 is 1.35 bits per heavy atom. The van der Waals surface area contributed by atoms with E-state index in [1.54, 1.807) is 0 Å². The normalized spacial score (nSPS) is 18.2. The highest BCUT2D eigenvalue weighted by atomic mass is 16.5. The minimum atomic E-state index is -0.0219. The number of amides is 1. The molecule has 1 atom stereocenters. The van der Waals surface area contributed by atoms with Crippen molar-refractivity contribution in [3.8, 4) is 0 Å². The van der Waals surface area contributed by atoms with Crippen LogP contribution in [0.5, 0.6) is 0 Å². The quantitative estimate of drug-likeness (QED) is 0.944. The largest absolute Gasteiger partial charge is 0.370 e. The summed E-state index contributed by atoms with van der Waals surface area (Å²) in [5, 5.41) is 7.16. The number of aryl methyl sites for hydroxylation is 2. The van der Waals surface area contributed by atoms with Crippen LogP contribution in [0.15, 0.2) is 30.3 Å². The minimum Gasteiger partial charge on any atom is -0.370 e. The van der Waals surface area contributed by atoms with Gasteiger partial charge in [-0.3, -0.25) is 9.89 Å². The number of benzene rings is 1. The molecule has 0 radical (unpaired) electrons. The van der Waals surface area contributed by atoms with Gasteiger partial charge in [-0.1, -0.05) is 30.3 Å². The fourth-order valence-electron chi connectivity index (χ4n) is 3.08. The maximum Gasteiger partial charge on any atom is 0.223 e. The molecule has 1 saturated heterocycles. The summed E-state index contributed by atoms with van der Waals surface area (Å²) in [4.78, 5) is 14.5. The number of rotatable bonds is 4. The number of hydrogen-bond acceptors (Lipinski definition) is 3. The Kier molecular flexibility index (Phi) is 4.76. The van der Waals surface area contributed by atoms with Crippen LogP contribution in [0.2, 0.25) is 0 Å². The topological polar surface area (TPSA) is 58.2 Å². The van der Waals surface area contributed by atoms with Gasteiger partial charge in [0.15, 0.2) is 0 Å². The Labute approximate surface area is 136 Å². The van der Waals surface area contributed by atoms with Crippen molar-refractivity contribution >= 4 is 5.91 Å². The summed E-state index contributed by atoms with van der Waals surface area (Å²) in [6.07, 6.45) is 1.23. The van der Waals surface area contributed by atoms with Gasteiger partial charge < -0.3 is 9.64 Å². The maximum absolute atomic E-state index is 12.5. The van der Waals surface area contributed by atoms with Gasteiger partial charge in [0.25, 0.3) is 0 Å². The number of aromatic nitrogens is 2. The van der Waals surface area contributed by atoms with Crippen molar-refractivity contribution in [2.24, 2.45) is 0 Å². The molecular formula is C18H23N3O2. The summed E-state index contributed by atoms with van der Waals surface area (Å²) >= 11 is 0. The molecule has 1 N–H and O–H groups in total. The average molecular weight is 313 g/mol. The summed E-state index contributed by atoms with van der Waals surface area (Å²) in [6, 6.07) is 10.1. The molecule has 0 saturated carbocycles. The van der Waals surface area contributed by atoms with Crippen molar-refractivity contribution in [1.82, 2.24) is 15.1 Å². The van der Waals surface area contributed by atoms with E-state index in [-0.39, 0.29) is 12.0 Å². The molecule has 3 rings (SSSR count). The zero-order valence-corrected chi connectivity index (χ0v) is 13.7. The molecule has 0 aliphatic carbocycles. The number of aromatic amines is 1. The van der Waals surface area contributed by atoms with Gasteiger partial charge in [0.1, 0.15) is 6.10 Å². The van der Waals surface area contributed by atoms with Crippen LogP contribution in [-0.4, -0.2) is 40.7 Å². The molecule has 1 fully saturated rings. The third-order valence-corrected chi connectivity index (χ3v) is 4.46. The Bertz CT molecular complexity index is 647. The van der Waals surface area contributed by atoms with E-state index >= 15 is 0 Å². The van der Waals surface area contributed by atoms with Crippen molar-refractivity contribution in [3.05, 3.63) is 52.8 Å². The molecule has 0 bridgehead atoms. The van der Waals surface area contributed by atoms with Crippen LogP contribution in [-0.2, 0) is 16.0 Å². The summed E-state index contributed by atoms with van der Waals surface area (Å²) in [7, 11) is 0. The lowest BCUT2D eigenvalue weighted by Crippen LogP contribution is -2.42. The molecule has 0 unspecified atom stereocenters. The van der Waals surface area contributed by atoms with Crippen molar-refractivity contribution in [2.45, 2.75) is 32.8 Å². The smallest absolute Gasteiger partial charge is 0.223 e. The summed E-state index contributed by atoms with van der Waals surface area (Å²) in [6.45, 7) is 5.87. The number of H-pyrrole nitrogens is 1. The Hall–Kier alpha value is -2.14. The SMILES string of the molecule is Cc1n[nH]c(C)c1CCC(=O)N1CCO[C@H](c2ccccc2)C1. The Balaban J connectivity index is 1.59. The van der Waals surface area contributed by atoms with Crippen LogP contribution >= 0.6 is 0 Å². The predicted octanol–water partition coefficient (Wildman–Crippen LogP) is 2.56. The summed E-state index contributed by atoms with van der Waals surface area (Å²) in [5.74, 6) is 0.189. The molecular weight excluding hydrogens is 290 g/mol. The van der Waals surface area contributed by atoms with Crippen molar-refractivity contribution in [2.75, 3.05) is 19.7 Å². The summed E-state index contributed by atoms with van der Waals surface area (Å²) in [5.41, 5.74) is 4.33. The van der Waals surface area contributed by atoms with Gasteiger partial charge >= 0.3 is 0 Å². The van der Waals surface area contributed by atoms with E-state index in [1.165, 1.54) is 0 Å². The number of carbonyl (C=O) groups is 1. The van der Waals surface area contributed by atoms with Gasteiger partial charge in [-0.25, -0.2) is 0 Å². The number of nitrogens with zero attached hydrogens (tertiary/aromatic N) is 2. The lowest BCUT2D eigenvalue weighted by Gasteiger charge is -2.33. The van der Waals surface area contributed by atoms with E-state index in [0.29, 0.717) is 26.1 Å². The molecule has 5 nitrogen and oxygen atoms in total. The Morgan fingerprint density at radius 2 is 2.13 bits per heavy atom. The van der Waals surface area contributed by atoms with E-state index < -0.39 is 0 Å². The number of hydrogen-bond donors (Lipinski definition) is 1. The number of carbonyl (C=O) groups excluding carboxylic acids is 1. The fraction of sp³-hybridized carbons (Fsp3) is 0.444. The van der Waals surface area contributed by atoms with Crippen LogP contribution in [0.3, 0.4) is 0 Å². The standard InChI is InChI=1S/C18H23N3O2/c1-13-16(14(2)20-19-13)8-9-18(22)21-10-11-23-17(12-21)15-6-4-3-5-7-15/h3-7,17H,8-12H2,1-2H3,(H,19,20)/t17-/m0/s1. The van der Waals surface area contributed by atoms with Crippen LogP contribution < -0.4 is 0 Å². The van der Waals surface area contributed by atoms with Gasteiger partial charge in [0.05, 0.1) is 18.8 Å². The second-order valence-corrected chi connectivity index (χ2v) is 6.02. The molecule has 0 spiro atoms. The van der Waals surface area contributed by atoms with Crippen LogP contribution in [0.25, 0.3) is 0 Å². The lowest BCUT2D eigenvalue weighted by atomic mass is 10.1. The fourth-order valence-corrected chi connectivity index (χ4v) is 3.08. The van der Waals surface area contributed by atoms with Gasteiger partial charge in [0.2, 0.25) is 5.91 Å². The Morgan fingerprint density at radius 3 is 2.83 bits per heavy atom. The highest BCUT2D eigenvalue weighted by molar-refractivity contribution is 5.76.